The molecular weight excluding hydrogens is 356 g/mol. The molecule has 3 rings (SSSR count). The molecule has 2 aliphatic rings. The zero-order valence-corrected chi connectivity index (χ0v) is 17.2. The van der Waals surface area contributed by atoms with E-state index in [1.165, 1.54) is 0 Å². The third-order valence-corrected chi connectivity index (χ3v) is 6.44. The summed E-state index contributed by atoms with van der Waals surface area (Å²) in [6, 6.07) is 0. The molecule has 0 fully saturated rings. The molecule has 0 unspecified atom stereocenters. The number of allylic oxidation sites excluding steroid dienone is 1. The summed E-state index contributed by atoms with van der Waals surface area (Å²) in [6.45, 7) is 10.6. The summed E-state index contributed by atoms with van der Waals surface area (Å²) in [5.74, 6) is 0.638. The summed E-state index contributed by atoms with van der Waals surface area (Å²) in [5.41, 5.74) is -0.468. The minimum Gasteiger partial charge on any atom is -0.507 e. The summed E-state index contributed by atoms with van der Waals surface area (Å²) in [7, 11) is 0. The fourth-order valence-electron chi connectivity index (χ4n) is 4.86. The quantitative estimate of drug-likeness (QED) is 0.558. The van der Waals surface area contributed by atoms with Crippen molar-refractivity contribution in [2.45, 2.75) is 59.0 Å². The van der Waals surface area contributed by atoms with E-state index in [2.05, 4.69) is 39.8 Å². The molecule has 1 aliphatic heterocycles. The van der Waals surface area contributed by atoms with Gasteiger partial charge in [-0.15, -0.1) is 0 Å². The summed E-state index contributed by atoms with van der Waals surface area (Å²) in [6.07, 6.45) is 6.83. The second-order valence-electron chi connectivity index (χ2n) is 9.13. The Morgan fingerprint density at radius 3 is 2.32 bits per heavy atom. The van der Waals surface area contributed by atoms with Gasteiger partial charge in [0.2, 0.25) is 0 Å². The second-order valence-corrected chi connectivity index (χ2v) is 9.13. The first-order valence-electron chi connectivity index (χ1n) is 10.0. The van der Waals surface area contributed by atoms with Gasteiger partial charge in [-0.05, 0) is 49.5 Å². The number of carbonyl (C=O) groups is 2. The number of rotatable bonds is 5. The van der Waals surface area contributed by atoms with Crippen LogP contribution in [0.1, 0.15) is 79.7 Å². The van der Waals surface area contributed by atoms with E-state index >= 15 is 0 Å². The van der Waals surface area contributed by atoms with Crippen LogP contribution in [0.3, 0.4) is 0 Å². The monoisotopic (exact) mass is 386 g/mol. The van der Waals surface area contributed by atoms with Gasteiger partial charge in [0.25, 0.3) is 0 Å². The molecule has 0 saturated carbocycles. The Morgan fingerprint density at radius 2 is 1.79 bits per heavy atom. The summed E-state index contributed by atoms with van der Waals surface area (Å²) in [4.78, 5) is 23.3. The smallest absolute Gasteiger partial charge is 0.157 e. The number of carbonyl (C=O) groups excluding carboxylic acids is 2. The summed E-state index contributed by atoms with van der Waals surface area (Å²) < 4.78 is 6.29. The number of aromatic hydroxyl groups is 2. The van der Waals surface area contributed by atoms with Gasteiger partial charge in [-0.2, -0.15) is 0 Å². The van der Waals surface area contributed by atoms with Gasteiger partial charge < -0.3 is 14.9 Å². The van der Waals surface area contributed by atoms with E-state index < -0.39 is 11.4 Å². The fraction of sp³-hybridized carbons (Fsp3) is 0.565. The van der Waals surface area contributed by atoms with Crippen molar-refractivity contribution in [3.05, 3.63) is 28.8 Å². The third-order valence-electron chi connectivity index (χ3n) is 6.44. The minimum absolute atomic E-state index is 0.0669. The number of hydrogen-bond donors (Lipinski definition) is 2. The first-order valence-corrected chi connectivity index (χ1v) is 10.0. The van der Waals surface area contributed by atoms with Crippen molar-refractivity contribution in [2.24, 2.45) is 23.7 Å². The molecule has 0 saturated heterocycles. The predicted octanol–water partition coefficient (Wildman–Crippen LogP) is 4.85. The van der Waals surface area contributed by atoms with Crippen molar-refractivity contribution < 1.29 is 24.5 Å². The Labute approximate surface area is 166 Å². The van der Waals surface area contributed by atoms with Crippen LogP contribution < -0.4 is 4.74 Å². The highest BCUT2D eigenvalue weighted by molar-refractivity contribution is 5.95. The van der Waals surface area contributed by atoms with E-state index in [4.69, 9.17) is 4.74 Å². The Bertz CT molecular complexity index is 823. The lowest BCUT2D eigenvalue weighted by atomic mass is 9.63. The van der Waals surface area contributed by atoms with Crippen LogP contribution in [0.2, 0.25) is 0 Å². The molecule has 152 valence electrons. The number of benzene rings is 1. The number of aldehydes is 2. The molecule has 1 heterocycles. The van der Waals surface area contributed by atoms with Crippen LogP contribution in [0.15, 0.2) is 12.2 Å². The molecule has 1 aliphatic carbocycles. The zero-order chi connectivity index (χ0) is 20.8. The van der Waals surface area contributed by atoms with Gasteiger partial charge in [-0.1, -0.05) is 33.8 Å². The number of phenolic OH excluding ortho intramolecular Hbond substituents is 2. The molecule has 5 nitrogen and oxygen atoms in total. The minimum atomic E-state index is -0.642. The largest absolute Gasteiger partial charge is 0.507 e. The van der Waals surface area contributed by atoms with Crippen molar-refractivity contribution in [1.29, 1.82) is 0 Å². The molecule has 0 amide bonds. The standard InChI is InChI=1S/C23H30O5/c1-12(2)8-15-18-9-14(13(3)4)6-7-23(18,5)28-22-17(11-25)20(26)16(10-24)21(27)19(15)22/h6-7,10-15,18,26-27H,8-9H2,1-5H3/t14-,15-,18-,23-/m1/s1. The molecule has 5 heteroatoms. The number of hydrogen-bond acceptors (Lipinski definition) is 5. The lowest BCUT2D eigenvalue weighted by Gasteiger charge is -2.50. The maximum atomic E-state index is 11.8. The molecule has 0 aromatic heterocycles. The van der Waals surface area contributed by atoms with Crippen LogP contribution in [0.5, 0.6) is 17.2 Å². The van der Waals surface area contributed by atoms with Gasteiger partial charge in [-0.3, -0.25) is 9.59 Å². The van der Waals surface area contributed by atoms with E-state index in [0.717, 1.165) is 12.8 Å². The average molecular weight is 386 g/mol. The van der Waals surface area contributed by atoms with Crippen LogP contribution in [-0.4, -0.2) is 28.4 Å². The molecule has 1 aromatic carbocycles. The Balaban J connectivity index is 2.28. The van der Waals surface area contributed by atoms with Gasteiger partial charge in [0.1, 0.15) is 22.8 Å². The van der Waals surface area contributed by atoms with Crippen LogP contribution >= 0.6 is 0 Å². The number of fused-ring (bicyclic) bond motifs is 2. The number of ether oxygens (including phenoxy) is 1. The van der Waals surface area contributed by atoms with E-state index in [-0.39, 0.29) is 34.5 Å². The zero-order valence-electron chi connectivity index (χ0n) is 17.2. The van der Waals surface area contributed by atoms with Crippen LogP contribution in [0, 0.1) is 23.7 Å². The van der Waals surface area contributed by atoms with Crippen molar-refractivity contribution in [3.63, 3.8) is 0 Å². The van der Waals surface area contributed by atoms with Crippen molar-refractivity contribution in [2.75, 3.05) is 0 Å². The van der Waals surface area contributed by atoms with E-state index in [9.17, 15) is 19.8 Å². The van der Waals surface area contributed by atoms with Crippen molar-refractivity contribution >= 4 is 12.6 Å². The highest BCUT2D eigenvalue weighted by Gasteiger charge is 2.50. The highest BCUT2D eigenvalue weighted by Crippen LogP contribution is 2.58. The topological polar surface area (TPSA) is 83.8 Å². The van der Waals surface area contributed by atoms with E-state index in [0.29, 0.717) is 35.9 Å². The predicted molar refractivity (Wildman–Crippen MR) is 107 cm³/mol. The van der Waals surface area contributed by atoms with Gasteiger partial charge in [0, 0.05) is 11.5 Å². The van der Waals surface area contributed by atoms with Crippen molar-refractivity contribution in [1.82, 2.24) is 0 Å². The maximum absolute atomic E-state index is 11.8. The molecule has 1 aromatic rings. The normalized spacial score (nSPS) is 28.6. The van der Waals surface area contributed by atoms with Gasteiger partial charge in [-0.25, -0.2) is 0 Å². The summed E-state index contributed by atoms with van der Waals surface area (Å²) in [5, 5.41) is 21.2. The van der Waals surface area contributed by atoms with Gasteiger partial charge in [0.15, 0.2) is 12.6 Å². The Kier molecular flexibility index (Phi) is 5.30. The lowest BCUT2D eigenvalue weighted by Crippen LogP contribution is -2.49. The van der Waals surface area contributed by atoms with Crippen LogP contribution in [0.4, 0.5) is 0 Å². The van der Waals surface area contributed by atoms with Crippen LogP contribution in [-0.2, 0) is 0 Å². The van der Waals surface area contributed by atoms with E-state index in [1.54, 1.807) is 0 Å². The molecule has 28 heavy (non-hydrogen) atoms. The number of phenols is 2. The van der Waals surface area contributed by atoms with Gasteiger partial charge in [0.05, 0.1) is 11.1 Å². The Hall–Kier alpha value is -2.30. The molecule has 4 atom stereocenters. The molecule has 0 bridgehead atoms. The average Bonchev–Trinajstić information content (AvgIpc) is 2.60. The SMILES string of the molecule is CC(C)C[C@H]1c2c(O)c(C=O)c(O)c(C=O)c2O[C@]2(C)C=C[C@@H](C(C)C)C[C@H]12. The fourth-order valence-corrected chi connectivity index (χ4v) is 4.86. The highest BCUT2D eigenvalue weighted by atomic mass is 16.5. The Morgan fingerprint density at radius 1 is 1.14 bits per heavy atom. The van der Waals surface area contributed by atoms with Crippen molar-refractivity contribution in [3.8, 4) is 17.2 Å². The molecule has 0 radical (unpaired) electrons. The maximum Gasteiger partial charge on any atom is 0.157 e. The van der Waals surface area contributed by atoms with Gasteiger partial charge >= 0.3 is 0 Å². The molecular formula is C23H30O5. The first-order chi connectivity index (χ1) is 13.1. The first kappa shape index (κ1) is 20.4. The summed E-state index contributed by atoms with van der Waals surface area (Å²) >= 11 is 0. The second kappa shape index (κ2) is 7.26. The van der Waals surface area contributed by atoms with E-state index in [1.807, 2.05) is 6.92 Å². The third kappa shape index (κ3) is 3.11. The molecule has 0 spiro atoms. The molecule has 2 N–H and O–H groups in total. The lowest BCUT2D eigenvalue weighted by molar-refractivity contribution is 0.00795. The van der Waals surface area contributed by atoms with Crippen LogP contribution in [0.25, 0.3) is 0 Å².